The van der Waals surface area contributed by atoms with E-state index in [1.54, 1.807) is 0 Å². The van der Waals surface area contributed by atoms with E-state index in [1.807, 2.05) is 0 Å². The van der Waals surface area contributed by atoms with Crippen LogP contribution < -0.4 is 5.32 Å². The molecule has 0 aromatic rings. The lowest BCUT2D eigenvalue weighted by molar-refractivity contribution is 0.442. The van der Waals surface area contributed by atoms with Crippen molar-refractivity contribution in [2.45, 2.75) is 161 Å². The van der Waals surface area contributed by atoms with Gasteiger partial charge >= 0.3 is 0 Å². The Morgan fingerprint density at radius 2 is 0.828 bits per heavy atom. The average molecular weight is 408 g/mol. The van der Waals surface area contributed by atoms with Crippen LogP contribution in [0.3, 0.4) is 0 Å². The van der Waals surface area contributed by atoms with Crippen molar-refractivity contribution in [3.63, 3.8) is 0 Å². The molecule has 29 heavy (non-hydrogen) atoms. The Balaban J connectivity index is 3.33. The van der Waals surface area contributed by atoms with Crippen molar-refractivity contribution in [1.82, 2.24) is 5.32 Å². The molecule has 0 radical (unpaired) electrons. The number of rotatable bonds is 24. The van der Waals surface area contributed by atoms with Crippen molar-refractivity contribution >= 4 is 0 Å². The molecule has 0 saturated heterocycles. The highest BCUT2D eigenvalue weighted by Gasteiger charge is 2.05. The molecule has 0 saturated carbocycles. The summed E-state index contributed by atoms with van der Waals surface area (Å²) in [4.78, 5) is 0. The Hall–Kier alpha value is -0.300. The maximum Gasteiger partial charge on any atom is 0.00640 e. The van der Waals surface area contributed by atoms with E-state index >= 15 is 0 Å². The van der Waals surface area contributed by atoms with Crippen LogP contribution in [-0.2, 0) is 0 Å². The van der Waals surface area contributed by atoms with Gasteiger partial charge in [0.15, 0.2) is 0 Å². The van der Waals surface area contributed by atoms with Gasteiger partial charge in [0.2, 0.25) is 0 Å². The van der Waals surface area contributed by atoms with E-state index in [1.165, 1.54) is 141 Å². The normalized spacial score (nSPS) is 12.8. The number of hydrogen-bond acceptors (Lipinski definition) is 1. The maximum absolute atomic E-state index is 3.54. The number of nitrogens with one attached hydrogen (secondary N) is 1. The smallest absolute Gasteiger partial charge is 0.00640 e. The zero-order valence-electron chi connectivity index (χ0n) is 20.8. The minimum atomic E-state index is 0.747. The van der Waals surface area contributed by atoms with Crippen molar-refractivity contribution in [2.75, 3.05) is 7.05 Å². The zero-order valence-corrected chi connectivity index (χ0v) is 20.8. The predicted octanol–water partition coefficient (Wildman–Crippen LogP) is 9.75. The Kier molecular flexibility index (Phi) is 25.5. The Morgan fingerprint density at radius 1 is 0.483 bits per heavy atom. The molecule has 0 amide bonds. The minimum Gasteiger partial charge on any atom is -0.317 e. The summed E-state index contributed by atoms with van der Waals surface area (Å²) in [5.41, 5.74) is 0. The zero-order chi connectivity index (χ0) is 21.3. The van der Waals surface area contributed by atoms with Gasteiger partial charge in [-0.15, -0.1) is 0 Å². The van der Waals surface area contributed by atoms with E-state index in [0.29, 0.717) is 0 Å². The highest BCUT2D eigenvalue weighted by molar-refractivity contribution is 4.81. The van der Waals surface area contributed by atoms with E-state index in [-0.39, 0.29) is 0 Å². The van der Waals surface area contributed by atoms with E-state index in [9.17, 15) is 0 Å². The van der Waals surface area contributed by atoms with Gasteiger partial charge in [-0.25, -0.2) is 0 Å². The van der Waals surface area contributed by atoms with Gasteiger partial charge in [-0.3, -0.25) is 0 Å². The third-order valence-corrected chi connectivity index (χ3v) is 6.38. The maximum atomic E-state index is 3.54. The summed E-state index contributed by atoms with van der Waals surface area (Å²) in [6.45, 7) is 4.59. The van der Waals surface area contributed by atoms with Crippen molar-refractivity contribution in [1.29, 1.82) is 0 Å². The SMILES string of the molecule is CCCCCCCCCCCC=CCCCCC(CCCCCCCCC)NC. The Morgan fingerprint density at radius 3 is 1.28 bits per heavy atom. The fraction of sp³-hybridized carbons (Fsp3) is 0.929. The molecular formula is C28H57N. The summed E-state index contributed by atoms with van der Waals surface area (Å²) in [5.74, 6) is 0. The molecule has 1 atom stereocenters. The van der Waals surface area contributed by atoms with Crippen LogP contribution in [0.15, 0.2) is 12.2 Å². The molecule has 0 rings (SSSR count). The fourth-order valence-electron chi connectivity index (χ4n) is 4.24. The molecule has 0 fully saturated rings. The van der Waals surface area contributed by atoms with Crippen LogP contribution in [0.5, 0.6) is 0 Å². The molecule has 0 aromatic carbocycles. The first kappa shape index (κ1) is 28.7. The monoisotopic (exact) mass is 407 g/mol. The summed E-state index contributed by atoms with van der Waals surface area (Å²) in [7, 11) is 2.15. The minimum absolute atomic E-state index is 0.747. The van der Waals surface area contributed by atoms with Gasteiger partial charge in [-0.05, 0) is 45.6 Å². The van der Waals surface area contributed by atoms with E-state index in [4.69, 9.17) is 0 Å². The van der Waals surface area contributed by atoms with Crippen molar-refractivity contribution in [2.24, 2.45) is 0 Å². The molecule has 0 spiro atoms. The van der Waals surface area contributed by atoms with Gasteiger partial charge < -0.3 is 5.32 Å². The van der Waals surface area contributed by atoms with Crippen LogP contribution >= 0.6 is 0 Å². The molecule has 0 aromatic heterocycles. The quantitative estimate of drug-likeness (QED) is 0.124. The van der Waals surface area contributed by atoms with Gasteiger partial charge in [0.1, 0.15) is 0 Å². The molecule has 174 valence electrons. The Bertz CT molecular complexity index is 309. The predicted molar refractivity (Wildman–Crippen MR) is 135 cm³/mol. The van der Waals surface area contributed by atoms with Gasteiger partial charge in [0.05, 0.1) is 0 Å². The van der Waals surface area contributed by atoms with Crippen LogP contribution in [0.4, 0.5) is 0 Å². The molecular weight excluding hydrogens is 350 g/mol. The van der Waals surface area contributed by atoms with E-state index in [2.05, 4.69) is 38.4 Å². The molecule has 1 nitrogen and oxygen atoms in total. The first-order chi connectivity index (χ1) is 14.3. The third-order valence-electron chi connectivity index (χ3n) is 6.38. The largest absolute Gasteiger partial charge is 0.317 e. The average Bonchev–Trinajstić information content (AvgIpc) is 2.74. The second-order valence-corrected chi connectivity index (χ2v) is 9.27. The van der Waals surface area contributed by atoms with Crippen molar-refractivity contribution in [3.8, 4) is 0 Å². The van der Waals surface area contributed by atoms with Crippen LogP contribution in [0.1, 0.15) is 155 Å². The van der Waals surface area contributed by atoms with Gasteiger partial charge in [-0.1, -0.05) is 129 Å². The second kappa shape index (κ2) is 25.7. The molecule has 1 unspecified atom stereocenters. The summed E-state index contributed by atoms with van der Waals surface area (Å²) in [6.07, 6.45) is 35.8. The summed E-state index contributed by atoms with van der Waals surface area (Å²) >= 11 is 0. The van der Waals surface area contributed by atoms with E-state index < -0.39 is 0 Å². The number of hydrogen-bond donors (Lipinski definition) is 1. The van der Waals surface area contributed by atoms with Crippen LogP contribution in [0.25, 0.3) is 0 Å². The summed E-state index contributed by atoms with van der Waals surface area (Å²) < 4.78 is 0. The molecule has 1 N–H and O–H groups in total. The first-order valence-corrected chi connectivity index (χ1v) is 13.7. The van der Waals surface area contributed by atoms with Gasteiger partial charge in [0, 0.05) is 6.04 Å². The number of unbranched alkanes of at least 4 members (excludes halogenated alkanes) is 17. The molecule has 0 heterocycles. The number of allylic oxidation sites excluding steroid dienone is 2. The lowest BCUT2D eigenvalue weighted by Crippen LogP contribution is -2.24. The molecule has 0 aliphatic heterocycles. The summed E-state index contributed by atoms with van der Waals surface area (Å²) in [5, 5.41) is 3.54. The van der Waals surface area contributed by atoms with Gasteiger partial charge in [-0.2, -0.15) is 0 Å². The van der Waals surface area contributed by atoms with Crippen LogP contribution in [0.2, 0.25) is 0 Å². The molecule has 0 aliphatic rings. The van der Waals surface area contributed by atoms with Gasteiger partial charge in [0.25, 0.3) is 0 Å². The highest BCUT2D eigenvalue weighted by atomic mass is 14.9. The molecule has 0 bridgehead atoms. The lowest BCUT2D eigenvalue weighted by atomic mass is 10.0. The molecule has 1 heteroatoms. The van der Waals surface area contributed by atoms with E-state index in [0.717, 1.165) is 6.04 Å². The standard InChI is InChI=1S/C28H57N/c1-4-6-8-10-12-13-14-15-16-17-18-19-21-23-25-27-28(29-3)26-24-22-20-11-9-7-5-2/h18-19,28-29H,4-17,20-27H2,1-3H3. The molecule has 0 aliphatic carbocycles. The highest BCUT2D eigenvalue weighted by Crippen LogP contribution is 2.14. The Labute approximate surface area is 185 Å². The first-order valence-electron chi connectivity index (χ1n) is 13.7. The van der Waals surface area contributed by atoms with Crippen molar-refractivity contribution in [3.05, 3.63) is 12.2 Å². The van der Waals surface area contributed by atoms with Crippen LogP contribution in [0, 0.1) is 0 Å². The topological polar surface area (TPSA) is 12.0 Å². The second-order valence-electron chi connectivity index (χ2n) is 9.27. The third kappa shape index (κ3) is 23.8. The lowest BCUT2D eigenvalue weighted by Gasteiger charge is -2.15. The van der Waals surface area contributed by atoms with Crippen LogP contribution in [-0.4, -0.2) is 13.1 Å². The fourth-order valence-corrected chi connectivity index (χ4v) is 4.24. The summed E-state index contributed by atoms with van der Waals surface area (Å²) in [6, 6.07) is 0.747. The van der Waals surface area contributed by atoms with Crippen molar-refractivity contribution < 1.29 is 0 Å².